The fourth-order valence-corrected chi connectivity index (χ4v) is 1.97. The van der Waals surface area contributed by atoms with Crippen molar-refractivity contribution in [2.45, 2.75) is 0 Å². The van der Waals surface area contributed by atoms with Crippen LogP contribution >= 0.6 is 11.6 Å². The zero-order valence-electron chi connectivity index (χ0n) is 10.2. The van der Waals surface area contributed by atoms with Crippen LogP contribution in [0.15, 0.2) is 36.8 Å². The number of ether oxygens (including phenoxy) is 1. The fraction of sp³-hybridized carbons (Fsp3) is 0.0769. The first-order chi connectivity index (χ1) is 9.15. The molecule has 3 rings (SSSR count). The van der Waals surface area contributed by atoms with Crippen molar-refractivity contribution in [3.05, 3.63) is 41.8 Å². The van der Waals surface area contributed by atoms with Crippen molar-refractivity contribution in [1.82, 2.24) is 14.5 Å². The number of benzene rings is 1. The Bertz CT molecular complexity index is 753. The van der Waals surface area contributed by atoms with Crippen molar-refractivity contribution < 1.29 is 4.74 Å². The predicted molar refractivity (Wildman–Crippen MR) is 74.4 cm³/mol. The summed E-state index contributed by atoms with van der Waals surface area (Å²) in [5.41, 5.74) is 7.83. The van der Waals surface area contributed by atoms with Crippen LogP contribution in [0.1, 0.15) is 0 Å². The molecule has 0 aliphatic heterocycles. The number of imidazole rings is 1. The van der Waals surface area contributed by atoms with Gasteiger partial charge in [0.1, 0.15) is 5.75 Å². The standard InChI is InChI=1S/C13H11ClN4O/c1-18-7-17-12-11(18)4-5-16-13(12)19-8-2-3-10(15)9(14)6-8/h2-7H,15H2,1H3. The number of fused-ring (bicyclic) bond motifs is 1. The molecule has 0 saturated heterocycles. The number of hydrogen-bond donors (Lipinski definition) is 1. The molecular weight excluding hydrogens is 264 g/mol. The van der Waals surface area contributed by atoms with E-state index in [0.29, 0.717) is 27.9 Å². The van der Waals surface area contributed by atoms with Gasteiger partial charge >= 0.3 is 0 Å². The Hall–Kier alpha value is -2.27. The molecule has 6 heteroatoms. The van der Waals surface area contributed by atoms with E-state index in [2.05, 4.69) is 9.97 Å². The highest BCUT2D eigenvalue weighted by Crippen LogP contribution is 2.30. The van der Waals surface area contributed by atoms with Crippen LogP contribution in [-0.2, 0) is 7.05 Å². The maximum atomic E-state index is 5.96. The molecular formula is C13H11ClN4O. The summed E-state index contributed by atoms with van der Waals surface area (Å²) in [6.45, 7) is 0. The monoisotopic (exact) mass is 274 g/mol. The Morgan fingerprint density at radius 3 is 2.89 bits per heavy atom. The predicted octanol–water partition coefficient (Wildman–Crippen LogP) is 3.00. The minimum absolute atomic E-state index is 0.443. The Labute approximate surface area is 114 Å². The van der Waals surface area contributed by atoms with Gasteiger partial charge in [0.2, 0.25) is 5.88 Å². The van der Waals surface area contributed by atoms with Crippen LogP contribution in [0, 0.1) is 0 Å². The van der Waals surface area contributed by atoms with E-state index in [1.807, 2.05) is 17.7 Å². The maximum Gasteiger partial charge on any atom is 0.247 e. The van der Waals surface area contributed by atoms with Gasteiger partial charge in [0.05, 0.1) is 22.6 Å². The normalized spacial score (nSPS) is 10.8. The first-order valence-corrected chi connectivity index (χ1v) is 6.02. The number of halogens is 1. The topological polar surface area (TPSA) is 66.0 Å². The lowest BCUT2D eigenvalue weighted by atomic mass is 10.3. The van der Waals surface area contributed by atoms with E-state index >= 15 is 0 Å². The van der Waals surface area contributed by atoms with Gasteiger partial charge in [-0.15, -0.1) is 0 Å². The number of nitrogens with two attached hydrogens (primary N) is 1. The van der Waals surface area contributed by atoms with E-state index in [1.54, 1.807) is 30.7 Å². The van der Waals surface area contributed by atoms with Gasteiger partial charge in [0.15, 0.2) is 5.52 Å². The van der Waals surface area contributed by atoms with Crippen LogP contribution < -0.4 is 10.5 Å². The van der Waals surface area contributed by atoms with E-state index in [9.17, 15) is 0 Å². The fourth-order valence-electron chi connectivity index (χ4n) is 1.80. The van der Waals surface area contributed by atoms with Crippen LogP contribution in [0.5, 0.6) is 11.6 Å². The lowest BCUT2D eigenvalue weighted by Gasteiger charge is -2.06. The van der Waals surface area contributed by atoms with Gasteiger partial charge in [-0.2, -0.15) is 0 Å². The molecule has 0 spiro atoms. The summed E-state index contributed by atoms with van der Waals surface area (Å²) in [6, 6.07) is 6.96. The lowest BCUT2D eigenvalue weighted by Crippen LogP contribution is -1.92. The summed E-state index contributed by atoms with van der Waals surface area (Å²) in [5.74, 6) is 1.02. The van der Waals surface area contributed by atoms with E-state index in [0.717, 1.165) is 5.52 Å². The number of pyridine rings is 1. The van der Waals surface area contributed by atoms with Gasteiger partial charge in [0, 0.05) is 19.3 Å². The minimum Gasteiger partial charge on any atom is -0.437 e. The van der Waals surface area contributed by atoms with Gasteiger partial charge in [-0.3, -0.25) is 0 Å². The van der Waals surface area contributed by atoms with E-state index < -0.39 is 0 Å². The highest BCUT2D eigenvalue weighted by atomic mass is 35.5. The average Bonchev–Trinajstić information content (AvgIpc) is 2.77. The van der Waals surface area contributed by atoms with Crippen molar-refractivity contribution in [2.75, 3.05) is 5.73 Å². The molecule has 0 amide bonds. The second-order valence-corrected chi connectivity index (χ2v) is 4.53. The first-order valence-electron chi connectivity index (χ1n) is 5.64. The third kappa shape index (κ3) is 2.08. The molecule has 2 aromatic heterocycles. The largest absolute Gasteiger partial charge is 0.437 e. The molecule has 0 aliphatic rings. The van der Waals surface area contributed by atoms with E-state index in [4.69, 9.17) is 22.1 Å². The molecule has 0 atom stereocenters. The molecule has 19 heavy (non-hydrogen) atoms. The van der Waals surface area contributed by atoms with Gasteiger partial charge in [0.25, 0.3) is 0 Å². The quantitative estimate of drug-likeness (QED) is 0.730. The molecule has 1 aromatic carbocycles. The molecule has 0 radical (unpaired) electrons. The number of aromatic nitrogens is 3. The van der Waals surface area contributed by atoms with Crippen molar-refractivity contribution in [2.24, 2.45) is 7.05 Å². The lowest BCUT2D eigenvalue weighted by molar-refractivity contribution is 0.468. The molecule has 3 aromatic rings. The maximum absolute atomic E-state index is 5.96. The second kappa shape index (κ2) is 4.44. The molecule has 2 heterocycles. The van der Waals surface area contributed by atoms with Gasteiger partial charge in [-0.1, -0.05) is 11.6 Å². The number of hydrogen-bond acceptors (Lipinski definition) is 4. The summed E-state index contributed by atoms with van der Waals surface area (Å²) in [4.78, 5) is 8.47. The van der Waals surface area contributed by atoms with Crippen molar-refractivity contribution in [1.29, 1.82) is 0 Å². The highest BCUT2D eigenvalue weighted by Gasteiger charge is 2.09. The van der Waals surface area contributed by atoms with Gasteiger partial charge < -0.3 is 15.0 Å². The summed E-state index contributed by atoms with van der Waals surface area (Å²) in [7, 11) is 1.92. The number of aryl methyl sites for hydroxylation is 1. The highest BCUT2D eigenvalue weighted by molar-refractivity contribution is 6.33. The summed E-state index contributed by atoms with van der Waals surface area (Å²) in [5, 5.41) is 0.450. The van der Waals surface area contributed by atoms with Crippen LogP contribution in [-0.4, -0.2) is 14.5 Å². The molecule has 0 bridgehead atoms. The third-order valence-electron chi connectivity index (χ3n) is 2.80. The molecule has 5 nitrogen and oxygen atoms in total. The van der Waals surface area contributed by atoms with Crippen molar-refractivity contribution in [3.8, 4) is 11.6 Å². The Morgan fingerprint density at radius 1 is 1.26 bits per heavy atom. The van der Waals surface area contributed by atoms with Crippen LogP contribution in [0.3, 0.4) is 0 Å². The minimum atomic E-state index is 0.443. The summed E-state index contributed by atoms with van der Waals surface area (Å²) in [6.07, 6.45) is 3.40. The third-order valence-corrected chi connectivity index (χ3v) is 3.12. The summed E-state index contributed by atoms with van der Waals surface area (Å²) >= 11 is 5.96. The number of anilines is 1. The summed E-state index contributed by atoms with van der Waals surface area (Å²) < 4.78 is 7.62. The average molecular weight is 275 g/mol. The van der Waals surface area contributed by atoms with Crippen molar-refractivity contribution in [3.63, 3.8) is 0 Å². The molecule has 0 saturated carbocycles. The van der Waals surface area contributed by atoms with Gasteiger partial charge in [-0.25, -0.2) is 9.97 Å². The van der Waals surface area contributed by atoms with E-state index in [-0.39, 0.29) is 0 Å². The van der Waals surface area contributed by atoms with Crippen LogP contribution in [0.4, 0.5) is 5.69 Å². The second-order valence-electron chi connectivity index (χ2n) is 4.12. The van der Waals surface area contributed by atoms with Crippen LogP contribution in [0.2, 0.25) is 5.02 Å². The zero-order valence-corrected chi connectivity index (χ0v) is 10.9. The molecule has 96 valence electrons. The Morgan fingerprint density at radius 2 is 2.11 bits per heavy atom. The Balaban J connectivity index is 2.03. The SMILES string of the molecule is Cn1cnc2c(Oc3ccc(N)c(Cl)c3)nccc21. The number of nitrogens with zero attached hydrogens (tertiary/aromatic N) is 3. The molecule has 0 fully saturated rings. The van der Waals surface area contributed by atoms with Crippen molar-refractivity contribution >= 4 is 28.3 Å². The van der Waals surface area contributed by atoms with E-state index in [1.165, 1.54) is 0 Å². The van der Waals surface area contributed by atoms with Gasteiger partial charge in [-0.05, 0) is 18.2 Å². The molecule has 0 unspecified atom stereocenters. The molecule has 0 aliphatic carbocycles. The zero-order chi connectivity index (χ0) is 13.4. The number of rotatable bonds is 2. The smallest absolute Gasteiger partial charge is 0.247 e. The van der Waals surface area contributed by atoms with Crippen LogP contribution in [0.25, 0.3) is 11.0 Å². The first kappa shape index (κ1) is 11.8. The molecule has 2 N–H and O–H groups in total. The number of nitrogen functional groups attached to an aromatic ring is 1. The Kier molecular flexibility index (Phi) is 2.76.